The maximum absolute atomic E-state index is 15.5. The zero-order chi connectivity index (χ0) is 44.8. The van der Waals surface area contributed by atoms with Crippen molar-refractivity contribution in [2.75, 3.05) is 6.61 Å². The van der Waals surface area contributed by atoms with E-state index in [1.54, 1.807) is 99.6 Å². The van der Waals surface area contributed by atoms with Crippen LogP contribution in [0.15, 0.2) is 91.0 Å². The first-order valence-corrected chi connectivity index (χ1v) is 20.8. The lowest BCUT2D eigenvalue weighted by Gasteiger charge is -2.70. The number of aliphatic hydroxyl groups excluding tert-OH is 2. The lowest BCUT2D eigenvalue weighted by molar-refractivity contribution is -0.387. The quantitative estimate of drug-likeness (QED) is 0.170. The van der Waals surface area contributed by atoms with Gasteiger partial charge in [-0.2, -0.15) is 0 Å². The Bertz CT molecular complexity index is 2310. The van der Waals surface area contributed by atoms with Crippen molar-refractivity contribution in [3.05, 3.63) is 108 Å². The lowest BCUT2D eigenvalue weighted by atomic mass is 9.37. The topological polar surface area (TPSA) is 221 Å². The second-order valence-corrected chi connectivity index (χ2v) is 18.1. The molecule has 15 nitrogen and oxygen atoms in total. The number of rotatable bonds is 10. The maximum atomic E-state index is 15.5. The summed E-state index contributed by atoms with van der Waals surface area (Å²) in [5, 5.41) is 40.7. The van der Waals surface area contributed by atoms with Crippen LogP contribution in [0.2, 0.25) is 0 Å². The number of carbonyl (C=O) groups excluding carboxylic acids is 6. The summed E-state index contributed by atoms with van der Waals surface area (Å²) in [7, 11) is 0. The molecule has 1 heterocycles. The highest BCUT2D eigenvalue weighted by Crippen LogP contribution is 2.89. The number of benzene rings is 3. The number of ether oxygens (including phenoxy) is 5. The minimum absolute atomic E-state index is 0.0753. The van der Waals surface area contributed by atoms with Gasteiger partial charge in [0.2, 0.25) is 0 Å². The van der Waals surface area contributed by atoms with E-state index >= 15 is 4.79 Å². The molecule has 13 atom stereocenters. The minimum atomic E-state index is -2.31. The Morgan fingerprint density at radius 2 is 1.40 bits per heavy atom. The van der Waals surface area contributed by atoms with Crippen LogP contribution >= 0.6 is 0 Å². The zero-order valence-corrected chi connectivity index (χ0v) is 35.2. The number of aliphatic hydroxyl groups is 3. The molecule has 0 unspecified atom stereocenters. The van der Waals surface area contributed by atoms with E-state index in [1.807, 2.05) is 0 Å². The molecule has 3 aromatic carbocycles. The molecule has 4 aliphatic carbocycles. The van der Waals surface area contributed by atoms with Gasteiger partial charge in [0.25, 0.3) is 5.91 Å². The van der Waals surface area contributed by atoms with E-state index in [1.165, 1.54) is 19.1 Å². The van der Waals surface area contributed by atoms with Crippen LogP contribution in [0.5, 0.6) is 0 Å². The molecule has 4 N–H and O–H groups in total. The SMILES string of the molecule is CC(=O)O[C@H]1C(=O)[C@]2(C)[C@@H](O)C[C@H]3OC[C@@]3(OC(C)=O)[C@@]23[C@H](OC(=O)c2ccccc2)[C@]2(O)C[C@H](OC(=O)[C@H](O)[C@@H](NC(=O)c4ccccc4)c4ccccc4)[C@@H](C)[C@@]13C2(C)C. The predicted molar refractivity (Wildman–Crippen MR) is 216 cm³/mol. The Hall–Kier alpha value is -5.48. The van der Waals surface area contributed by atoms with Crippen molar-refractivity contribution in [3.63, 3.8) is 0 Å². The number of fused-ring (bicyclic) bond motifs is 2. The summed E-state index contributed by atoms with van der Waals surface area (Å²) in [6.45, 7) is 8.25. The molecule has 4 saturated carbocycles. The van der Waals surface area contributed by atoms with E-state index in [-0.39, 0.29) is 24.2 Å². The van der Waals surface area contributed by atoms with Crippen molar-refractivity contribution in [2.24, 2.45) is 27.6 Å². The fraction of sp³-hybridized carbons (Fsp3) is 0.489. The summed E-state index contributed by atoms with van der Waals surface area (Å²) in [4.78, 5) is 84.6. The highest BCUT2D eigenvalue weighted by Gasteiger charge is 3.02. The van der Waals surface area contributed by atoms with Gasteiger partial charge in [-0.15, -0.1) is 0 Å². The summed E-state index contributed by atoms with van der Waals surface area (Å²) < 4.78 is 31.3. The highest BCUT2D eigenvalue weighted by molar-refractivity contribution is 5.98. The summed E-state index contributed by atoms with van der Waals surface area (Å²) in [5.74, 6) is -6.35. The molecule has 15 heteroatoms. The lowest BCUT2D eigenvalue weighted by Crippen LogP contribution is -2.84. The molecule has 1 saturated heterocycles. The summed E-state index contributed by atoms with van der Waals surface area (Å²) >= 11 is 0. The van der Waals surface area contributed by atoms with Gasteiger partial charge >= 0.3 is 23.9 Å². The summed E-state index contributed by atoms with van der Waals surface area (Å²) in [6, 6.07) is 23.0. The van der Waals surface area contributed by atoms with Crippen molar-refractivity contribution in [1.29, 1.82) is 0 Å². The first-order valence-electron chi connectivity index (χ1n) is 20.8. The number of nitrogens with one attached hydrogen (secondary N) is 1. The Morgan fingerprint density at radius 1 is 0.823 bits per heavy atom. The van der Waals surface area contributed by atoms with E-state index in [2.05, 4.69) is 5.32 Å². The zero-order valence-electron chi connectivity index (χ0n) is 35.2. The molecule has 3 aromatic rings. The monoisotopic (exact) mass is 853 g/mol. The van der Waals surface area contributed by atoms with E-state index < -0.39 is 123 Å². The van der Waals surface area contributed by atoms with Gasteiger partial charge in [0.05, 0.1) is 35.1 Å². The first-order chi connectivity index (χ1) is 29.3. The number of carbonyl (C=O) groups is 6. The van der Waals surface area contributed by atoms with Crippen molar-refractivity contribution in [1.82, 2.24) is 5.32 Å². The van der Waals surface area contributed by atoms with Gasteiger partial charge in [0.15, 0.2) is 23.6 Å². The van der Waals surface area contributed by atoms with Crippen LogP contribution in [0, 0.1) is 27.6 Å². The van der Waals surface area contributed by atoms with E-state index in [4.69, 9.17) is 23.7 Å². The number of Topliss-reactive ketones (excluding diaryl/α,β-unsaturated/α-hetero) is 1. The molecule has 8 rings (SSSR count). The third kappa shape index (κ3) is 5.43. The fourth-order valence-electron chi connectivity index (χ4n) is 12.8. The molecule has 5 fully saturated rings. The third-order valence-corrected chi connectivity index (χ3v) is 15.3. The second-order valence-electron chi connectivity index (χ2n) is 18.1. The van der Waals surface area contributed by atoms with Gasteiger partial charge in [-0.25, -0.2) is 9.59 Å². The van der Waals surface area contributed by atoms with E-state index in [0.717, 1.165) is 13.8 Å². The van der Waals surface area contributed by atoms with E-state index in [9.17, 15) is 39.3 Å². The number of hydrogen-bond donors (Lipinski definition) is 4. The molecule has 62 heavy (non-hydrogen) atoms. The largest absolute Gasteiger partial charge is 0.460 e. The molecular formula is C47H51NO14. The Balaban J connectivity index is 1.32. The van der Waals surface area contributed by atoms with Crippen molar-refractivity contribution in [3.8, 4) is 0 Å². The van der Waals surface area contributed by atoms with Crippen molar-refractivity contribution in [2.45, 2.75) is 108 Å². The number of esters is 4. The molecule has 328 valence electrons. The van der Waals surface area contributed by atoms with Crippen LogP contribution in [-0.2, 0) is 42.9 Å². The number of hydrogen-bond acceptors (Lipinski definition) is 14. The molecule has 0 radical (unpaired) electrons. The van der Waals surface area contributed by atoms with Crippen molar-refractivity contribution < 1.29 is 67.8 Å². The van der Waals surface area contributed by atoms with Gasteiger partial charge in [-0.05, 0) is 36.8 Å². The predicted octanol–water partition coefficient (Wildman–Crippen LogP) is 3.43. The first kappa shape index (κ1) is 43.2. The third-order valence-electron chi connectivity index (χ3n) is 15.3. The Labute approximate surface area is 358 Å². The van der Waals surface area contributed by atoms with Gasteiger partial charge in [0.1, 0.15) is 23.9 Å². The molecule has 1 amide bonds. The van der Waals surface area contributed by atoms with Crippen LogP contribution in [-0.4, -0.2) is 105 Å². The van der Waals surface area contributed by atoms with Crippen LogP contribution in [0.3, 0.4) is 0 Å². The van der Waals surface area contributed by atoms with Crippen LogP contribution in [0.4, 0.5) is 0 Å². The number of amides is 1. The highest BCUT2D eigenvalue weighted by atomic mass is 16.6. The minimum Gasteiger partial charge on any atom is -0.460 e. The number of ketones is 1. The normalized spacial score (nSPS) is 36.9. The van der Waals surface area contributed by atoms with Gasteiger partial charge < -0.3 is 44.3 Å². The smallest absolute Gasteiger partial charge is 0.338 e. The standard InChI is InChI=1S/C47H51NO14/c1-25-31(60-40(56)35(52)34(28-16-10-7-11-17-28)48-38(54)29-18-12-8-13-19-29)23-44(57)41(61-39(55)30-20-14-9-15-21-30)47-43(6,32(51)22-33-45(47,24-58-33)62-27(3)50)36(53)37(59-26(2)49)46(25,47)42(44,4)5/h7-21,25,31-35,37,41,51-52,57H,22-24H2,1-6H3,(H,48,54)/t25-,31+,32+,33-,34+,35-,37+,41-,43+,44-,45+,46+,47-/m1/s1. The summed E-state index contributed by atoms with van der Waals surface area (Å²) in [5.41, 5.74) is -11.4. The molecule has 0 aromatic heterocycles. The van der Waals surface area contributed by atoms with Crippen LogP contribution < -0.4 is 5.32 Å². The van der Waals surface area contributed by atoms with Gasteiger partial charge in [-0.1, -0.05) is 87.5 Å². The van der Waals surface area contributed by atoms with Gasteiger partial charge in [-0.3, -0.25) is 19.2 Å². The average Bonchev–Trinajstić information content (AvgIpc) is 3.46. The molecule has 2 bridgehead atoms. The van der Waals surface area contributed by atoms with Crippen molar-refractivity contribution >= 4 is 35.6 Å². The van der Waals surface area contributed by atoms with Crippen LogP contribution in [0.25, 0.3) is 0 Å². The molecular weight excluding hydrogens is 803 g/mol. The van der Waals surface area contributed by atoms with Crippen LogP contribution in [0.1, 0.15) is 86.7 Å². The Morgan fingerprint density at radius 3 is 1.95 bits per heavy atom. The fourth-order valence-corrected chi connectivity index (χ4v) is 12.8. The van der Waals surface area contributed by atoms with E-state index in [0.29, 0.717) is 5.56 Å². The summed E-state index contributed by atoms with van der Waals surface area (Å²) in [6.07, 6.45) is -10.5. The Kier molecular flexibility index (Phi) is 10.3. The second kappa shape index (κ2) is 14.8. The van der Waals surface area contributed by atoms with Gasteiger partial charge in [0, 0.05) is 49.0 Å². The maximum Gasteiger partial charge on any atom is 0.338 e. The molecule has 5 aliphatic rings. The average molecular weight is 854 g/mol. The molecule has 1 aliphatic heterocycles. The molecule has 2 spiro atoms.